The average molecular weight is 537 g/mol. The Morgan fingerprint density at radius 2 is 1.45 bits per heavy atom. The Hall–Kier alpha value is -4.46. The topological polar surface area (TPSA) is 84.9 Å². The van der Waals surface area contributed by atoms with Gasteiger partial charge in [0.1, 0.15) is 0 Å². The highest BCUT2D eigenvalue weighted by atomic mass is 16.5. The van der Waals surface area contributed by atoms with Crippen molar-refractivity contribution in [3.63, 3.8) is 0 Å². The van der Waals surface area contributed by atoms with Crippen molar-refractivity contribution in [1.82, 2.24) is 15.7 Å². The lowest BCUT2D eigenvalue weighted by molar-refractivity contribution is 0.0706. The first-order valence-corrected chi connectivity index (χ1v) is 13.5. The van der Waals surface area contributed by atoms with Crippen molar-refractivity contribution in [3.8, 4) is 0 Å². The molecule has 0 aliphatic rings. The maximum atomic E-state index is 13.6. The van der Waals surface area contributed by atoms with Gasteiger partial charge in [-0.3, -0.25) is 19.8 Å². The van der Waals surface area contributed by atoms with E-state index in [1.54, 1.807) is 34.6 Å². The molecule has 0 saturated carbocycles. The molecule has 4 aromatic carbocycles. The number of rotatable bonds is 11. The average Bonchev–Trinajstić information content (AvgIpc) is 3.00. The number of benzene rings is 4. The van der Waals surface area contributed by atoms with Crippen LogP contribution in [0.25, 0.3) is 0 Å². The van der Waals surface area contributed by atoms with E-state index in [0.717, 1.165) is 23.4 Å². The number of hydroxylamine groups is 1. The molecule has 4 rings (SSSR count). The summed E-state index contributed by atoms with van der Waals surface area (Å²) in [6.07, 6.45) is 0. The number of carbonyl (C=O) groups is 2. The largest absolute Gasteiger partial charge is 0.336 e. The van der Waals surface area contributed by atoms with E-state index in [2.05, 4.69) is 65.7 Å². The van der Waals surface area contributed by atoms with E-state index < -0.39 is 5.91 Å². The maximum absolute atomic E-state index is 13.6. The van der Waals surface area contributed by atoms with Gasteiger partial charge in [0.15, 0.2) is 0 Å². The van der Waals surface area contributed by atoms with Crippen molar-refractivity contribution in [2.24, 2.45) is 0 Å². The Bertz CT molecular complexity index is 1340. The quantitative estimate of drug-likeness (QED) is 0.164. The molecule has 206 valence electrons. The van der Waals surface area contributed by atoms with Crippen LogP contribution in [-0.4, -0.2) is 41.7 Å². The number of hydrogen-bond acceptors (Lipinski definition) is 4. The highest BCUT2D eigenvalue weighted by Crippen LogP contribution is 2.28. The van der Waals surface area contributed by atoms with Crippen LogP contribution in [0.5, 0.6) is 0 Å². The zero-order valence-electron chi connectivity index (χ0n) is 23.0. The minimum Gasteiger partial charge on any atom is -0.336 e. The van der Waals surface area contributed by atoms with E-state index in [-0.39, 0.29) is 12.1 Å². The molecule has 4 aromatic rings. The van der Waals surface area contributed by atoms with Crippen molar-refractivity contribution in [3.05, 3.63) is 137 Å². The highest BCUT2D eigenvalue weighted by Gasteiger charge is 2.22. The number of hydrogen-bond donors (Lipinski definition) is 3. The van der Waals surface area contributed by atoms with Gasteiger partial charge < -0.3 is 5.32 Å². The van der Waals surface area contributed by atoms with Crippen LogP contribution >= 0.6 is 0 Å². The zero-order chi connectivity index (χ0) is 28.3. The van der Waals surface area contributed by atoms with Crippen LogP contribution < -0.4 is 15.7 Å². The van der Waals surface area contributed by atoms with Gasteiger partial charge in [0.05, 0.1) is 12.6 Å². The van der Waals surface area contributed by atoms with Gasteiger partial charge in [-0.25, -0.2) is 10.3 Å². The van der Waals surface area contributed by atoms with Gasteiger partial charge in [0.2, 0.25) is 0 Å². The zero-order valence-corrected chi connectivity index (χ0v) is 23.0. The Morgan fingerprint density at radius 3 is 2.00 bits per heavy atom. The van der Waals surface area contributed by atoms with E-state index in [4.69, 9.17) is 5.21 Å². The molecule has 40 heavy (non-hydrogen) atoms. The van der Waals surface area contributed by atoms with Gasteiger partial charge in [-0.05, 0) is 60.0 Å². The number of likely N-dealkylation sites (N-methyl/N-ethyl adjacent to an activating group) is 1. The first-order valence-electron chi connectivity index (χ1n) is 13.5. The van der Waals surface area contributed by atoms with Crippen LogP contribution in [0.4, 0.5) is 10.5 Å². The van der Waals surface area contributed by atoms with E-state index >= 15 is 0 Å². The van der Waals surface area contributed by atoms with Gasteiger partial charge in [0, 0.05) is 24.3 Å². The van der Waals surface area contributed by atoms with E-state index in [1.807, 2.05) is 43.3 Å². The third-order valence-electron chi connectivity index (χ3n) is 6.89. The third-order valence-corrected chi connectivity index (χ3v) is 6.89. The Morgan fingerprint density at radius 1 is 0.825 bits per heavy atom. The van der Waals surface area contributed by atoms with Crippen LogP contribution in [0.3, 0.4) is 0 Å². The monoisotopic (exact) mass is 536 g/mol. The fourth-order valence-electron chi connectivity index (χ4n) is 4.84. The van der Waals surface area contributed by atoms with Crippen molar-refractivity contribution in [2.75, 3.05) is 24.5 Å². The van der Waals surface area contributed by atoms with Gasteiger partial charge in [-0.2, -0.15) is 0 Å². The summed E-state index contributed by atoms with van der Waals surface area (Å²) >= 11 is 0. The van der Waals surface area contributed by atoms with E-state index in [0.29, 0.717) is 25.2 Å². The minimum absolute atomic E-state index is 0.0758. The third kappa shape index (κ3) is 7.34. The molecule has 0 bridgehead atoms. The van der Waals surface area contributed by atoms with Crippen molar-refractivity contribution >= 4 is 17.6 Å². The van der Waals surface area contributed by atoms with Crippen LogP contribution in [0.15, 0.2) is 109 Å². The second-order valence-corrected chi connectivity index (χ2v) is 9.65. The summed E-state index contributed by atoms with van der Waals surface area (Å²) in [5.41, 5.74) is 7.09. The summed E-state index contributed by atoms with van der Waals surface area (Å²) in [5.74, 6) is -0.579. The Balaban J connectivity index is 1.49. The predicted molar refractivity (Wildman–Crippen MR) is 158 cm³/mol. The lowest BCUT2D eigenvalue weighted by Crippen LogP contribution is -2.43. The molecule has 0 aromatic heterocycles. The van der Waals surface area contributed by atoms with E-state index in [9.17, 15) is 9.59 Å². The smallest absolute Gasteiger partial charge is 0.322 e. The van der Waals surface area contributed by atoms with Gasteiger partial charge in [0.25, 0.3) is 5.91 Å². The number of anilines is 1. The molecule has 0 aliphatic carbocycles. The van der Waals surface area contributed by atoms with Crippen molar-refractivity contribution < 1.29 is 14.8 Å². The molecule has 0 atom stereocenters. The number of carbonyl (C=O) groups excluding carboxylic acids is 2. The molecule has 0 aliphatic heterocycles. The molecular formula is C33H36N4O3. The summed E-state index contributed by atoms with van der Waals surface area (Å²) in [4.78, 5) is 29.3. The summed E-state index contributed by atoms with van der Waals surface area (Å²) < 4.78 is 0. The molecule has 0 fully saturated rings. The lowest BCUT2D eigenvalue weighted by atomic mass is 9.97. The molecule has 0 heterocycles. The first kappa shape index (κ1) is 28.5. The SMILES string of the molecule is CCN(CCNC(=O)N(Cc1ccc(C(=O)NO)cc1)c1cccc(C)c1)C(c1ccccc1)c1ccccc1. The number of nitrogens with one attached hydrogen (secondary N) is 2. The van der Waals surface area contributed by atoms with Crippen LogP contribution in [0.2, 0.25) is 0 Å². The normalized spacial score (nSPS) is 10.9. The molecule has 3 amide bonds. The van der Waals surface area contributed by atoms with Crippen molar-refractivity contribution in [2.45, 2.75) is 26.4 Å². The second kappa shape index (κ2) is 14.1. The molecule has 7 nitrogen and oxygen atoms in total. The predicted octanol–water partition coefficient (Wildman–Crippen LogP) is 5.94. The second-order valence-electron chi connectivity index (χ2n) is 9.65. The summed E-state index contributed by atoms with van der Waals surface area (Å²) in [7, 11) is 0. The summed E-state index contributed by atoms with van der Waals surface area (Å²) in [6, 6.07) is 35.4. The molecule has 0 radical (unpaired) electrons. The molecule has 0 saturated heterocycles. The molecular weight excluding hydrogens is 500 g/mol. The highest BCUT2D eigenvalue weighted by molar-refractivity contribution is 5.93. The molecule has 0 unspecified atom stereocenters. The summed E-state index contributed by atoms with van der Waals surface area (Å²) in [6.45, 7) is 6.42. The number of nitrogens with zero attached hydrogens (tertiary/aromatic N) is 2. The molecule has 0 spiro atoms. The van der Waals surface area contributed by atoms with Crippen molar-refractivity contribution in [1.29, 1.82) is 0 Å². The number of amides is 3. The Labute approximate surface area is 236 Å². The van der Waals surface area contributed by atoms with E-state index in [1.165, 1.54) is 11.1 Å². The lowest BCUT2D eigenvalue weighted by Gasteiger charge is -2.32. The molecule has 3 N–H and O–H groups in total. The van der Waals surface area contributed by atoms with Gasteiger partial charge in [-0.1, -0.05) is 91.9 Å². The van der Waals surface area contributed by atoms with Crippen LogP contribution in [0.1, 0.15) is 45.6 Å². The minimum atomic E-state index is -0.579. The fraction of sp³-hybridized carbons (Fsp3) is 0.212. The van der Waals surface area contributed by atoms with Crippen LogP contribution in [-0.2, 0) is 6.54 Å². The summed E-state index contributed by atoms with van der Waals surface area (Å²) in [5, 5.41) is 12.0. The van der Waals surface area contributed by atoms with Gasteiger partial charge >= 0.3 is 6.03 Å². The number of aryl methyl sites for hydroxylation is 1. The molecule has 7 heteroatoms. The maximum Gasteiger partial charge on any atom is 0.322 e. The Kier molecular flexibility index (Phi) is 10.0. The first-order chi connectivity index (χ1) is 19.5. The fourth-order valence-corrected chi connectivity index (χ4v) is 4.84. The standard InChI is InChI=1S/C33H36N4O3/c1-3-36(31(27-12-6-4-7-13-27)28-14-8-5-9-15-28)22-21-34-33(39)37(30-16-10-11-25(2)23-30)24-26-17-19-29(20-18-26)32(38)35-40/h4-20,23,31,40H,3,21-22,24H2,1-2H3,(H,34,39)(H,35,38). The van der Waals surface area contributed by atoms with Crippen LogP contribution in [0, 0.1) is 6.92 Å². The van der Waals surface area contributed by atoms with Gasteiger partial charge in [-0.15, -0.1) is 0 Å². The number of urea groups is 1.